The van der Waals surface area contributed by atoms with Gasteiger partial charge in [0, 0.05) is 9.34 Å². The van der Waals surface area contributed by atoms with Crippen molar-refractivity contribution in [1.82, 2.24) is 0 Å². The quantitative estimate of drug-likeness (QED) is 0.426. The third-order valence-electron chi connectivity index (χ3n) is 3.19. The lowest BCUT2D eigenvalue weighted by molar-refractivity contribution is -0.112. The van der Waals surface area contributed by atoms with Crippen LogP contribution < -0.4 is 0 Å². The highest BCUT2D eigenvalue weighted by Crippen LogP contribution is 2.44. The molecule has 1 aliphatic carbocycles. The van der Waals surface area contributed by atoms with Crippen LogP contribution in [-0.2, 0) is 4.79 Å². The average molecular weight is 318 g/mol. The van der Waals surface area contributed by atoms with E-state index in [1.807, 2.05) is 6.08 Å². The number of ketones is 1. The fourth-order valence-corrected chi connectivity index (χ4v) is 2.76. The summed E-state index contributed by atoms with van der Waals surface area (Å²) in [5.41, 5.74) is 2.98. The second-order valence-corrected chi connectivity index (χ2v) is 6.37. The summed E-state index contributed by atoms with van der Waals surface area (Å²) in [6.07, 6.45) is 6.11. The molecule has 15 heavy (non-hydrogen) atoms. The molecule has 2 heteroatoms. The van der Waals surface area contributed by atoms with Crippen LogP contribution >= 0.6 is 22.6 Å². The van der Waals surface area contributed by atoms with Gasteiger partial charge in [-0.25, -0.2) is 0 Å². The second-order valence-electron chi connectivity index (χ2n) is 4.87. The van der Waals surface area contributed by atoms with Crippen molar-refractivity contribution in [3.8, 4) is 0 Å². The van der Waals surface area contributed by atoms with Crippen LogP contribution in [0.15, 0.2) is 23.3 Å². The van der Waals surface area contributed by atoms with E-state index in [9.17, 15) is 4.79 Å². The highest BCUT2D eigenvalue weighted by Gasteiger charge is 2.34. The zero-order valence-corrected chi connectivity index (χ0v) is 12.1. The average Bonchev–Trinajstić information content (AvgIpc) is 2.11. The molecule has 1 nitrogen and oxygen atoms in total. The largest absolute Gasteiger partial charge is 0.295 e. The maximum atomic E-state index is 11.0. The van der Waals surface area contributed by atoms with Gasteiger partial charge in [0.25, 0.3) is 0 Å². The van der Waals surface area contributed by atoms with Crippen LogP contribution in [0, 0.1) is 5.41 Å². The molecule has 0 aromatic rings. The molecule has 0 fully saturated rings. The van der Waals surface area contributed by atoms with Gasteiger partial charge in [-0.15, -0.1) is 0 Å². The Hall–Kier alpha value is -0.120. The molecule has 0 amide bonds. The van der Waals surface area contributed by atoms with Crippen LogP contribution in [0.5, 0.6) is 0 Å². The highest BCUT2D eigenvalue weighted by atomic mass is 127. The lowest BCUT2D eigenvalue weighted by atomic mass is 9.72. The Balaban J connectivity index is 3.05. The molecule has 84 valence electrons. The smallest absolute Gasteiger partial charge is 0.152 e. The lowest BCUT2D eigenvalue weighted by Crippen LogP contribution is -2.30. The molecule has 0 radical (unpaired) electrons. The molecule has 0 aromatic carbocycles. The fraction of sp³-hybridized carbons (Fsp3) is 0.615. The van der Waals surface area contributed by atoms with Gasteiger partial charge in [-0.1, -0.05) is 48.1 Å². The molecule has 1 atom stereocenters. The minimum atomic E-state index is 0.127. The number of hydrogen-bond donors (Lipinski definition) is 0. The molecule has 0 heterocycles. The predicted octanol–water partition coefficient (Wildman–Crippen LogP) is 4.07. The minimum absolute atomic E-state index is 0.127. The van der Waals surface area contributed by atoms with E-state index in [2.05, 4.69) is 43.4 Å². The number of allylic oxidation sites excluding steroid dienone is 4. The van der Waals surface area contributed by atoms with Gasteiger partial charge in [-0.05, 0) is 38.3 Å². The van der Waals surface area contributed by atoms with Crippen molar-refractivity contribution in [2.45, 2.75) is 44.5 Å². The van der Waals surface area contributed by atoms with E-state index < -0.39 is 0 Å². The van der Waals surface area contributed by atoms with Crippen molar-refractivity contribution in [3.63, 3.8) is 0 Å². The van der Waals surface area contributed by atoms with Crippen molar-refractivity contribution in [2.75, 3.05) is 0 Å². The summed E-state index contributed by atoms with van der Waals surface area (Å²) in [6.45, 7) is 8.33. The molecular weight excluding hydrogens is 299 g/mol. The first-order chi connectivity index (χ1) is 6.85. The summed E-state index contributed by atoms with van der Waals surface area (Å²) in [4.78, 5) is 11.0. The third-order valence-corrected chi connectivity index (χ3v) is 5.37. The van der Waals surface area contributed by atoms with E-state index in [-0.39, 0.29) is 11.2 Å². The predicted molar refractivity (Wildman–Crippen MR) is 73.3 cm³/mol. The van der Waals surface area contributed by atoms with E-state index in [0.717, 1.165) is 6.42 Å². The van der Waals surface area contributed by atoms with Crippen LogP contribution in [-0.4, -0.2) is 9.71 Å². The standard InChI is InChI=1S/C13H19IO/c1-9-5-8-12(14)13(3,4)11(9)7-6-10(2)15/h6-7,12H,5,8H2,1-4H3/b7-6+. The summed E-state index contributed by atoms with van der Waals surface area (Å²) in [7, 11) is 0. The lowest BCUT2D eigenvalue weighted by Gasteiger charge is -2.37. The minimum Gasteiger partial charge on any atom is -0.295 e. The SMILES string of the molecule is CC(=O)/C=C/C1=C(C)CCC(I)C1(C)C. The molecule has 0 saturated heterocycles. The van der Waals surface area contributed by atoms with Gasteiger partial charge in [0.15, 0.2) is 5.78 Å². The molecule has 1 aliphatic rings. The molecule has 0 aromatic heterocycles. The van der Waals surface area contributed by atoms with Crippen LogP contribution in [0.25, 0.3) is 0 Å². The van der Waals surface area contributed by atoms with Crippen molar-refractivity contribution >= 4 is 28.4 Å². The summed E-state index contributed by atoms with van der Waals surface area (Å²) in [6, 6.07) is 0. The molecule has 0 N–H and O–H groups in total. The Morgan fingerprint density at radius 3 is 2.67 bits per heavy atom. The van der Waals surface area contributed by atoms with Crippen LogP contribution in [0.1, 0.15) is 40.5 Å². The van der Waals surface area contributed by atoms with Gasteiger partial charge in [-0.2, -0.15) is 0 Å². The highest BCUT2D eigenvalue weighted by molar-refractivity contribution is 14.1. The molecule has 0 saturated carbocycles. The van der Waals surface area contributed by atoms with Gasteiger partial charge >= 0.3 is 0 Å². The maximum Gasteiger partial charge on any atom is 0.152 e. The molecule has 0 aliphatic heterocycles. The number of alkyl halides is 1. The van der Waals surface area contributed by atoms with Crippen LogP contribution in [0.4, 0.5) is 0 Å². The van der Waals surface area contributed by atoms with E-state index in [1.165, 1.54) is 17.6 Å². The van der Waals surface area contributed by atoms with Gasteiger partial charge in [0.2, 0.25) is 0 Å². The maximum absolute atomic E-state index is 11.0. The van der Waals surface area contributed by atoms with Crippen molar-refractivity contribution in [2.24, 2.45) is 5.41 Å². The van der Waals surface area contributed by atoms with E-state index in [1.54, 1.807) is 13.0 Å². The van der Waals surface area contributed by atoms with Crippen molar-refractivity contribution < 1.29 is 4.79 Å². The van der Waals surface area contributed by atoms with Crippen molar-refractivity contribution in [1.29, 1.82) is 0 Å². The zero-order valence-electron chi connectivity index (χ0n) is 9.93. The van der Waals surface area contributed by atoms with Crippen LogP contribution in [0.3, 0.4) is 0 Å². The van der Waals surface area contributed by atoms with E-state index >= 15 is 0 Å². The Kier molecular flexibility index (Phi) is 4.15. The monoisotopic (exact) mass is 318 g/mol. The first-order valence-corrected chi connectivity index (χ1v) is 6.63. The second kappa shape index (κ2) is 4.81. The van der Waals surface area contributed by atoms with Gasteiger partial charge in [0.05, 0.1) is 0 Å². The number of halogens is 1. The Morgan fingerprint density at radius 2 is 2.13 bits per heavy atom. The molecular formula is C13H19IO. The Morgan fingerprint density at radius 1 is 1.53 bits per heavy atom. The number of carbonyl (C=O) groups excluding carboxylic acids is 1. The van der Waals surface area contributed by atoms with Gasteiger partial charge in [0.1, 0.15) is 0 Å². The number of carbonyl (C=O) groups is 1. The number of rotatable bonds is 2. The van der Waals surface area contributed by atoms with Gasteiger partial charge < -0.3 is 0 Å². The normalized spacial score (nSPS) is 26.1. The first-order valence-electron chi connectivity index (χ1n) is 5.38. The fourth-order valence-electron chi connectivity index (χ4n) is 2.12. The van der Waals surface area contributed by atoms with Gasteiger partial charge in [-0.3, -0.25) is 4.79 Å². The topological polar surface area (TPSA) is 17.1 Å². The van der Waals surface area contributed by atoms with Crippen molar-refractivity contribution in [3.05, 3.63) is 23.3 Å². The number of hydrogen-bond acceptors (Lipinski definition) is 1. The van der Waals surface area contributed by atoms with Crippen LogP contribution in [0.2, 0.25) is 0 Å². The third kappa shape index (κ3) is 2.92. The summed E-state index contributed by atoms with van der Waals surface area (Å²) < 4.78 is 0.658. The summed E-state index contributed by atoms with van der Waals surface area (Å²) in [5, 5.41) is 0. The first kappa shape index (κ1) is 12.9. The van der Waals surface area contributed by atoms with E-state index in [4.69, 9.17) is 0 Å². The summed E-state index contributed by atoms with van der Waals surface area (Å²) >= 11 is 2.53. The zero-order chi connectivity index (χ0) is 11.6. The molecule has 1 unspecified atom stereocenters. The molecule has 0 spiro atoms. The molecule has 0 bridgehead atoms. The Bertz CT molecular complexity index is 323. The Labute approximate surface area is 106 Å². The molecule has 1 rings (SSSR count). The van der Waals surface area contributed by atoms with E-state index in [0.29, 0.717) is 3.92 Å². The summed E-state index contributed by atoms with van der Waals surface area (Å²) in [5.74, 6) is 0.127.